The van der Waals surface area contributed by atoms with Gasteiger partial charge in [0.1, 0.15) is 11.3 Å². The highest BCUT2D eigenvalue weighted by molar-refractivity contribution is 6.01. The van der Waals surface area contributed by atoms with Crippen LogP contribution in [-0.4, -0.2) is 28.8 Å². The zero-order chi connectivity index (χ0) is 15.6. The molecule has 0 atom stereocenters. The second kappa shape index (κ2) is 5.60. The van der Waals surface area contributed by atoms with E-state index in [0.717, 1.165) is 5.39 Å². The Morgan fingerprint density at radius 2 is 1.86 bits per heavy atom. The molecule has 0 fully saturated rings. The van der Waals surface area contributed by atoms with E-state index in [0.29, 0.717) is 5.52 Å². The molecule has 0 radical (unpaired) electrons. The molecule has 1 heterocycles. The van der Waals surface area contributed by atoms with Crippen LogP contribution in [0, 0.1) is 0 Å². The Kier molecular flexibility index (Phi) is 4.02. The summed E-state index contributed by atoms with van der Waals surface area (Å²) in [4.78, 5) is 24.5. The van der Waals surface area contributed by atoms with E-state index in [1.807, 2.05) is 12.1 Å². The van der Waals surface area contributed by atoms with Crippen molar-refractivity contribution in [2.75, 3.05) is 6.61 Å². The van der Waals surface area contributed by atoms with Crippen LogP contribution in [0.4, 0.5) is 4.79 Å². The SMILES string of the molecule is CCOC(=O)c1cc2ccccc2n1C(=O)OC(C)(C)C. The van der Waals surface area contributed by atoms with Crippen molar-refractivity contribution in [2.24, 2.45) is 0 Å². The fraction of sp³-hybridized carbons (Fsp3) is 0.375. The Hall–Kier alpha value is -2.30. The molecule has 112 valence electrons. The number of rotatable bonds is 2. The molecule has 0 aliphatic heterocycles. The van der Waals surface area contributed by atoms with Crippen molar-refractivity contribution in [2.45, 2.75) is 33.3 Å². The van der Waals surface area contributed by atoms with E-state index < -0.39 is 17.7 Å². The Bertz CT molecular complexity index is 679. The average molecular weight is 289 g/mol. The van der Waals surface area contributed by atoms with Gasteiger partial charge in [0, 0.05) is 5.39 Å². The van der Waals surface area contributed by atoms with Gasteiger partial charge in [-0.1, -0.05) is 18.2 Å². The lowest BCUT2D eigenvalue weighted by Gasteiger charge is -2.20. The van der Waals surface area contributed by atoms with Gasteiger partial charge in [-0.25, -0.2) is 14.2 Å². The molecule has 0 saturated heterocycles. The third-order valence-corrected chi connectivity index (χ3v) is 2.77. The fourth-order valence-electron chi connectivity index (χ4n) is 2.01. The highest BCUT2D eigenvalue weighted by Gasteiger charge is 2.25. The fourth-order valence-corrected chi connectivity index (χ4v) is 2.01. The average Bonchev–Trinajstić information content (AvgIpc) is 2.76. The van der Waals surface area contributed by atoms with Gasteiger partial charge in [-0.3, -0.25) is 0 Å². The molecule has 0 unspecified atom stereocenters. The molecule has 5 nitrogen and oxygen atoms in total. The summed E-state index contributed by atoms with van der Waals surface area (Å²) >= 11 is 0. The summed E-state index contributed by atoms with van der Waals surface area (Å²) in [5.41, 5.74) is 0.149. The topological polar surface area (TPSA) is 57.5 Å². The normalized spacial score (nSPS) is 11.4. The van der Waals surface area contributed by atoms with E-state index in [1.54, 1.807) is 45.9 Å². The lowest BCUT2D eigenvalue weighted by molar-refractivity contribution is 0.0454. The summed E-state index contributed by atoms with van der Waals surface area (Å²) < 4.78 is 11.6. The minimum absolute atomic E-state index is 0.173. The second-order valence-corrected chi connectivity index (χ2v) is 5.62. The van der Waals surface area contributed by atoms with Crippen molar-refractivity contribution in [3.05, 3.63) is 36.0 Å². The van der Waals surface area contributed by atoms with Gasteiger partial charge in [-0.05, 0) is 39.8 Å². The summed E-state index contributed by atoms with van der Waals surface area (Å²) in [5, 5.41) is 0.784. The van der Waals surface area contributed by atoms with Crippen LogP contribution < -0.4 is 0 Å². The number of esters is 1. The van der Waals surface area contributed by atoms with Crippen LogP contribution in [0.15, 0.2) is 30.3 Å². The number of carbonyl (C=O) groups is 2. The van der Waals surface area contributed by atoms with Crippen molar-refractivity contribution in [1.82, 2.24) is 4.57 Å². The van der Waals surface area contributed by atoms with Crippen molar-refractivity contribution in [3.8, 4) is 0 Å². The Morgan fingerprint density at radius 3 is 2.48 bits per heavy atom. The van der Waals surface area contributed by atoms with Crippen molar-refractivity contribution < 1.29 is 19.1 Å². The molecule has 1 aromatic carbocycles. The Morgan fingerprint density at radius 1 is 1.19 bits per heavy atom. The highest BCUT2D eigenvalue weighted by Crippen LogP contribution is 2.22. The molecule has 21 heavy (non-hydrogen) atoms. The summed E-state index contributed by atoms with van der Waals surface area (Å²) in [6.07, 6.45) is -0.591. The minimum atomic E-state index is -0.644. The van der Waals surface area contributed by atoms with Crippen LogP contribution >= 0.6 is 0 Å². The molecule has 1 aromatic heterocycles. The third kappa shape index (κ3) is 3.24. The first-order valence-corrected chi connectivity index (χ1v) is 6.84. The predicted molar refractivity (Wildman–Crippen MR) is 79.5 cm³/mol. The van der Waals surface area contributed by atoms with E-state index in [1.165, 1.54) is 4.57 Å². The number of aromatic nitrogens is 1. The number of fused-ring (bicyclic) bond motifs is 1. The van der Waals surface area contributed by atoms with Crippen LogP contribution in [0.25, 0.3) is 10.9 Å². The standard InChI is InChI=1S/C16H19NO4/c1-5-20-14(18)13-10-11-8-6-7-9-12(11)17(13)15(19)21-16(2,3)4/h6-10H,5H2,1-4H3. The smallest absolute Gasteiger partial charge is 0.419 e. The maximum atomic E-state index is 12.4. The zero-order valence-corrected chi connectivity index (χ0v) is 12.7. The Balaban J connectivity index is 2.55. The monoisotopic (exact) mass is 289 g/mol. The number of hydrogen-bond donors (Lipinski definition) is 0. The number of benzene rings is 1. The number of nitrogens with zero attached hydrogens (tertiary/aromatic N) is 1. The molecular formula is C16H19NO4. The minimum Gasteiger partial charge on any atom is -0.461 e. The van der Waals surface area contributed by atoms with Gasteiger partial charge in [0.2, 0.25) is 0 Å². The van der Waals surface area contributed by atoms with Crippen LogP contribution in [-0.2, 0) is 9.47 Å². The van der Waals surface area contributed by atoms with E-state index in [9.17, 15) is 9.59 Å². The van der Waals surface area contributed by atoms with Crippen LogP contribution in [0.3, 0.4) is 0 Å². The lowest BCUT2D eigenvalue weighted by atomic mass is 10.2. The van der Waals surface area contributed by atoms with Crippen molar-refractivity contribution in [3.63, 3.8) is 0 Å². The number of para-hydroxylation sites is 1. The third-order valence-electron chi connectivity index (χ3n) is 2.77. The summed E-state index contributed by atoms with van der Waals surface area (Å²) in [6, 6.07) is 8.88. The van der Waals surface area contributed by atoms with Gasteiger partial charge in [0.25, 0.3) is 0 Å². The van der Waals surface area contributed by atoms with Gasteiger partial charge in [0.05, 0.1) is 12.1 Å². The summed E-state index contributed by atoms with van der Waals surface area (Å²) in [7, 11) is 0. The Labute approximate surface area is 123 Å². The van der Waals surface area contributed by atoms with E-state index in [-0.39, 0.29) is 12.3 Å². The van der Waals surface area contributed by atoms with Crippen LogP contribution in [0.2, 0.25) is 0 Å². The summed E-state index contributed by atoms with van der Waals surface area (Å²) in [6.45, 7) is 7.30. The number of hydrogen-bond acceptors (Lipinski definition) is 4. The van der Waals surface area contributed by atoms with E-state index in [4.69, 9.17) is 9.47 Å². The van der Waals surface area contributed by atoms with Crippen LogP contribution in [0.5, 0.6) is 0 Å². The lowest BCUT2D eigenvalue weighted by Crippen LogP contribution is -2.29. The maximum Gasteiger partial charge on any atom is 0.419 e. The molecule has 0 bridgehead atoms. The first-order chi connectivity index (χ1) is 9.83. The van der Waals surface area contributed by atoms with Gasteiger partial charge >= 0.3 is 12.1 Å². The van der Waals surface area contributed by atoms with Gasteiger partial charge in [0.15, 0.2) is 0 Å². The molecule has 5 heteroatoms. The molecule has 0 aliphatic carbocycles. The van der Waals surface area contributed by atoms with Gasteiger partial charge < -0.3 is 9.47 Å². The molecule has 2 aromatic rings. The molecule has 2 rings (SSSR count). The zero-order valence-electron chi connectivity index (χ0n) is 12.7. The molecule has 0 N–H and O–H groups in total. The van der Waals surface area contributed by atoms with E-state index >= 15 is 0 Å². The summed E-state index contributed by atoms with van der Waals surface area (Å²) in [5.74, 6) is -0.542. The maximum absolute atomic E-state index is 12.4. The molecule has 0 saturated carbocycles. The molecular weight excluding hydrogens is 270 g/mol. The highest BCUT2D eigenvalue weighted by atomic mass is 16.6. The van der Waals surface area contributed by atoms with E-state index in [2.05, 4.69) is 0 Å². The number of ether oxygens (including phenoxy) is 2. The predicted octanol–water partition coefficient (Wildman–Crippen LogP) is 3.60. The second-order valence-electron chi connectivity index (χ2n) is 5.62. The van der Waals surface area contributed by atoms with Crippen molar-refractivity contribution in [1.29, 1.82) is 0 Å². The van der Waals surface area contributed by atoms with Crippen LogP contribution in [0.1, 0.15) is 38.2 Å². The number of carbonyl (C=O) groups excluding carboxylic acids is 2. The first-order valence-electron chi connectivity index (χ1n) is 6.84. The molecule has 0 aliphatic rings. The van der Waals surface area contributed by atoms with Gasteiger partial charge in [-0.15, -0.1) is 0 Å². The quantitative estimate of drug-likeness (QED) is 0.793. The molecule has 0 spiro atoms. The molecule has 0 amide bonds. The first kappa shape index (κ1) is 15.1. The van der Waals surface area contributed by atoms with Gasteiger partial charge in [-0.2, -0.15) is 0 Å². The van der Waals surface area contributed by atoms with Crippen molar-refractivity contribution >= 4 is 23.0 Å². The largest absolute Gasteiger partial charge is 0.461 e.